The summed E-state index contributed by atoms with van der Waals surface area (Å²) in [7, 11) is 8.90. The van der Waals surface area contributed by atoms with Crippen LogP contribution in [0.3, 0.4) is 0 Å². The molecule has 0 aromatic heterocycles. The molecule has 0 aliphatic rings. The van der Waals surface area contributed by atoms with Crippen molar-refractivity contribution >= 4 is 79.8 Å². The van der Waals surface area contributed by atoms with Crippen molar-refractivity contribution in [3.8, 4) is 0 Å². The molecule has 5 heavy (non-hydrogen) atoms. The number of hydrogen-bond acceptors (Lipinski definition) is 0. The van der Waals surface area contributed by atoms with Crippen LogP contribution in [0.15, 0.2) is 0 Å². The van der Waals surface area contributed by atoms with Gasteiger partial charge < -0.3 is 0 Å². The van der Waals surface area contributed by atoms with Gasteiger partial charge in [-0.05, 0) is 20.2 Å². The van der Waals surface area contributed by atoms with Gasteiger partial charge in [-0.15, -0.1) is 0 Å². The van der Waals surface area contributed by atoms with Gasteiger partial charge in [-0.25, -0.2) is 0 Å². The summed E-state index contributed by atoms with van der Waals surface area (Å²) < 4.78 is 0. The Balaban J connectivity index is -0.0000000133. The quantitative estimate of drug-likeness (QED) is 0.583. The Kier molecular flexibility index (Phi) is 97.4. The van der Waals surface area contributed by atoms with Crippen molar-refractivity contribution < 1.29 is 0 Å². The first-order valence-corrected chi connectivity index (χ1v) is 4.45. The fourth-order valence-electron chi connectivity index (χ4n) is 0. The summed E-state index contributed by atoms with van der Waals surface area (Å²) in [4.78, 5) is 0. The molecule has 0 N–H and O–H groups in total. The monoisotopic (exact) mass is 251 g/mol. The first-order chi connectivity index (χ1) is 2.00. The van der Waals surface area contributed by atoms with E-state index in [4.69, 9.17) is 0 Å². The van der Waals surface area contributed by atoms with Gasteiger partial charge in [0.2, 0.25) is 0 Å². The van der Waals surface area contributed by atoms with Gasteiger partial charge in [-0.2, -0.15) is 0 Å². The summed E-state index contributed by atoms with van der Waals surface area (Å²) in [5.41, 5.74) is 0. The van der Waals surface area contributed by atoms with Gasteiger partial charge >= 0.3 is 0 Å². The Morgan fingerprint density at radius 1 is 0.800 bits per heavy atom. The van der Waals surface area contributed by atoms with Crippen molar-refractivity contribution in [2.75, 3.05) is 0 Å². The zero-order valence-electron chi connectivity index (χ0n) is 2.51. The molecule has 5 heteroatoms. The molecule has 0 unspecified atom stereocenters. The Hall–Kier alpha value is 2.54. The van der Waals surface area contributed by atoms with Gasteiger partial charge in [0.05, 0.1) is 0 Å². The molecule has 0 nitrogen and oxygen atoms in total. The third kappa shape index (κ3) is 20.9. The minimum atomic E-state index is 0. The molecule has 0 aliphatic carbocycles. The molecule has 0 aromatic rings. The minimum Gasteiger partial charge on any atom is -0.0341 e. The number of rotatable bonds is 0. The fraction of sp³-hybridized carbons (Fsp3) is 0. The summed E-state index contributed by atoms with van der Waals surface area (Å²) in [5.74, 6) is 0. The normalized spacial score (nSPS) is 2.40. The molecule has 0 aromatic carbocycles. The number of halogens is 4. The molecule has 0 heterocycles. The topological polar surface area (TPSA) is 0 Å². The van der Waals surface area contributed by atoms with Gasteiger partial charge in [0, 0.05) is 59.6 Å². The van der Waals surface area contributed by atoms with Crippen LogP contribution in [0.25, 0.3) is 0 Å². The Morgan fingerprint density at radius 3 is 0.800 bits per heavy atom. The van der Waals surface area contributed by atoms with Gasteiger partial charge in [0.25, 0.3) is 0 Å². The average molecular weight is 254 g/mol. The van der Waals surface area contributed by atoms with Crippen LogP contribution < -0.4 is 0 Å². The molecule has 1 radical (unpaired) electrons. The molecule has 0 bridgehead atoms. The van der Waals surface area contributed by atoms with Crippen molar-refractivity contribution in [3.63, 3.8) is 0 Å². The van der Waals surface area contributed by atoms with Crippen molar-refractivity contribution in [2.24, 2.45) is 0 Å². The second-order valence-electron chi connectivity index (χ2n) is 0. The molecule has 0 amide bonds. The van der Waals surface area contributed by atoms with E-state index < -0.39 is 0 Å². The van der Waals surface area contributed by atoms with Crippen molar-refractivity contribution in [1.29, 1.82) is 0 Å². The molecular formula is Br2Cl2Na. The zero-order valence-corrected chi connectivity index (χ0v) is 9.20. The molecule has 0 rings (SSSR count). The summed E-state index contributed by atoms with van der Waals surface area (Å²) in [5, 5.41) is 0. The summed E-state index contributed by atoms with van der Waals surface area (Å²) in [6.07, 6.45) is 0. The molecule has 29 valence electrons. The van der Waals surface area contributed by atoms with Gasteiger partial charge in [0.15, 0.2) is 0 Å². The van der Waals surface area contributed by atoms with Crippen LogP contribution in [0.1, 0.15) is 0 Å². The molecule has 0 saturated carbocycles. The van der Waals surface area contributed by atoms with Crippen LogP contribution in [-0.4, -0.2) is 29.6 Å². The SMILES string of the molecule is ClBr.ClBr.[Na]. The van der Waals surface area contributed by atoms with Gasteiger partial charge in [0.1, 0.15) is 0 Å². The molecule has 0 spiro atoms. The van der Waals surface area contributed by atoms with E-state index in [0.717, 1.165) is 0 Å². The molecule has 0 aliphatic heterocycles. The standard InChI is InChI=1S/2BrCl.Na/c2*1-2;. The Morgan fingerprint density at radius 2 is 0.800 bits per heavy atom. The smallest absolute Gasteiger partial charge is 0.0341 e. The van der Waals surface area contributed by atoms with E-state index in [-0.39, 0.29) is 29.6 Å². The second kappa shape index (κ2) is 31.1. The molecule has 0 atom stereocenters. The van der Waals surface area contributed by atoms with E-state index in [1.54, 1.807) is 0 Å². The van der Waals surface area contributed by atoms with Crippen LogP contribution in [0, 0.1) is 0 Å². The van der Waals surface area contributed by atoms with E-state index in [9.17, 15) is 0 Å². The van der Waals surface area contributed by atoms with Crippen molar-refractivity contribution in [1.82, 2.24) is 0 Å². The van der Waals surface area contributed by atoms with E-state index in [2.05, 4.69) is 50.3 Å². The molecular weight excluding hydrogens is 254 g/mol. The van der Waals surface area contributed by atoms with Crippen LogP contribution in [0.2, 0.25) is 0 Å². The largest absolute Gasteiger partial charge is 0.0341 e. The van der Waals surface area contributed by atoms with Crippen LogP contribution >= 0.6 is 50.3 Å². The molecule has 0 saturated heterocycles. The van der Waals surface area contributed by atoms with Gasteiger partial charge in [-0.1, -0.05) is 0 Å². The third-order valence-electron chi connectivity index (χ3n) is 0. The predicted octanol–water partition coefficient (Wildman–Crippen LogP) is 2.69. The predicted molar refractivity (Wildman–Crippen MR) is 35.3 cm³/mol. The maximum Gasteiger partial charge on any atom is 0.0341 e. The van der Waals surface area contributed by atoms with E-state index in [1.165, 1.54) is 0 Å². The molecule has 0 fully saturated rings. The minimum absolute atomic E-state index is 0. The number of hydrogen-bond donors (Lipinski definition) is 0. The third-order valence-corrected chi connectivity index (χ3v) is 0. The maximum absolute atomic E-state index is 4.45. The van der Waals surface area contributed by atoms with E-state index >= 15 is 0 Å². The van der Waals surface area contributed by atoms with E-state index in [1.807, 2.05) is 0 Å². The van der Waals surface area contributed by atoms with Crippen molar-refractivity contribution in [2.45, 2.75) is 0 Å². The first-order valence-electron chi connectivity index (χ1n) is 0.286. The van der Waals surface area contributed by atoms with Crippen LogP contribution in [0.5, 0.6) is 0 Å². The summed E-state index contributed by atoms with van der Waals surface area (Å²) in [6.45, 7) is 0. The first kappa shape index (κ1) is 15.6. The summed E-state index contributed by atoms with van der Waals surface area (Å²) >= 11 is 4.82. The van der Waals surface area contributed by atoms with Crippen LogP contribution in [0.4, 0.5) is 0 Å². The van der Waals surface area contributed by atoms with Crippen LogP contribution in [-0.2, 0) is 0 Å². The van der Waals surface area contributed by atoms with Crippen molar-refractivity contribution in [3.05, 3.63) is 0 Å². The second-order valence-corrected chi connectivity index (χ2v) is 0. The zero-order chi connectivity index (χ0) is 4.00. The Bertz CT molecular complexity index is 7.61. The average Bonchev–Trinajstić information content (AvgIpc) is 1.50. The maximum atomic E-state index is 4.45. The fourth-order valence-corrected chi connectivity index (χ4v) is 0. The summed E-state index contributed by atoms with van der Waals surface area (Å²) in [6, 6.07) is 0. The van der Waals surface area contributed by atoms with Gasteiger partial charge in [-0.3, -0.25) is 0 Å². The van der Waals surface area contributed by atoms with E-state index in [0.29, 0.717) is 0 Å². The Labute approximate surface area is 78.6 Å².